The monoisotopic (exact) mass is 323 g/mol. The van der Waals surface area contributed by atoms with Gasteiger partial charge in [0.1, 0.15) is 6.04 Å². The minimum Gasteiger partial charge on any atom is -0.399 e. The van der Waals surface area contributed by atoms with Crippen molar-refractivity contribution in [2.24, 2.45) is 0 Å². The topological polar surface area (TPSA) is 66.6 Å². The van der Waals surface area contributed by atoms with Crippen molar-refractivity contribution in [2.45, 2.75) is 18.9 Å². The number of likely N-dealkylation sites (N-methyl/N-ethyl adjacent to an activating group) is 1. The number of rotatable bonds is 4. The smallest absolute Gasteiger partial charge is 0.249 e. The highest BCUT2D eigenvalue weighted by Gasteiger charge is 2.36. The van der Waals surface area contributed by atoms with Gasteiger partial charge in [0.25, 0.3) is 0 Å². The molecule has 0 aromatic heterocycles. The molecule has 2 N–H and O–H groups in total. The number of hydrogen-bond donors (Lipinski definition) is 1. The van der Waals surface area contributed by atoms with Crippen LogP contribution in [0.1, 0.15) is 12.0 Å². The maximum absolute atomic E-state index is 12.7. The van der Waals surface area contributed by atoms with E-state index in [2.05, 4.69) is 0 Å². The molecule has 1 aliphatic rings. The van der Waals surface area contributed by atoms with Crippen LogP contribution in [0, 0.1) is 0 Å². The Morgan fingerprint density at radius 3 is 2.50 bits per heavy atom. The molecule has 0 saturated carbocycles. The molecule has 1 unspecified atom stereocenters. The zero-order valence-electron chi connectivity index (χ0n) is 13.7. The maximum atomic E-state index is 12.7. The fraction of sp³-hybridized carbons (Fsp3) is 0.263. The van der Waals surface area contributed by atoms with Gasteiger partial charge in [0, 0.05) is 25.0 Å². The first kappa shape index (κ1) is 16.1. The first-order valence-corrected chi connectivity index (χ1v) is 8.03. The second-order valence-corrected chi connectivity index (χ2v) is 6.05. The second kappa shape index (κ2) is 6.74. The molecule has 1 saturated heterocycles. The average Bonchev–Trinajstić information content (AvgIpc) is 2.98. The van der Waals surface area contributed by atoms with Gasteiger partial charge in [-0.2, -0.15) is 0 Å². The van der Waals surface area contributed by atoms with E-state index in [1.54, 1.807) is 29.0 Å². The summed E-state index contributed by atoms with van der Waals surface area (Å²) in [4.78, 5) is 28.5. The van der Waals surface area contributed by atoms with E-state index in [9.17, 15) is 9.59 Å². The van der Waals surface area contributed by atoms with Crippen molar-refractivity contribution in [2.75, 3.05) is 24.2 Å². The lowest BCUT2D eigenvalue weighted by atomic mass is 10.1. The largest absolute Gasteiger partial charge is 0.399 e. The van der Waals surface area contributed by atoms with Crippen LogP contribution in [0.15, 0.2) is 54.6 Å². The number of anilines is 2. The van der Waals surface area contributed by atoms with Gasteiger partial charge in [-0.05, 0) is 36.2 Å². The fourth-order valence-electron chi connectivity index (χ4n) is 3.00. The van der Waals surface area contributed by atoms with Crippen LogP contribution in [-0.4, -0.2) is 36.3 Å². The van der Waals surface area contributed by atoms with Crippen LogP contribution < -0.4 is 10.6 Å². The van der Waals surface area contributed by atoms with Crippen LogP contribution in [-0.2, 0) is 16.0 Å². The summed E-state index contributed by atoms with van der Waals surface area (Å²) >= 11 is 0. The Hall–Kier alpha value is -2.82. The van der Waals surface area contributed by atoms with E-state index >= 15 is 0 Å². The molecule has 2 aromatic carbocycles. The summed E-state index contributed by atoms with van der Waals surface area (Å²) in [5.41, 5.74) is 8.10. The molecule has 0 spiro atoms. The number of carbonyl (C=O) groups is 2. The molecule has 1 atom stereocenters. The van der Waals surface area contributed by atoms with Crippen molar-refractivity contribution < 1.29 is 9.59 Å². The summed E-state index contributed by atoms with van der Waals surface area (Å²) in [7, 11) is 1.71. The highest BCUT2D eigenvalue weighted by molar-refractivity contribution is 6.01. The minimum atomic E-state index is -0.397. The van der Waals surface area contributed by atoms with Gasteiger partial charge in [-0.1, -0.05) is 30.3 Å². The third-order valence-corrected chi connectivity index (χ3v) is 4.44. The van der Waals surface area contributed by atoms with Crippen molar-refractivity contribution in [1.82, 2.24) is 4.90 Å². The molecule has 0 radical (unpaired) electrons. The Kier molecular flexibility index (Phi) is 4.51. The van der Waals surface area contributed by atoms with Crippen molar-refractivity contribution in [1.29, 1.82) is 0 Å². The molecule has 2 aromatic rings. The van der Waals surface area contributed by atoms with Gasteiger partial charge in [-0.15, -0.1) is 0 Å². The van der Waals surface area contributed by atoms with Crippen LogP contribution in [0.25, 0.3) is 0 Å². The van der Waals surface area contributed by atoms with E-state index in [0.29, 0.717) is 18.7 Å². The predicted octanol–water partition coefficient (Wildman–Crippen LogP) is 2.08. The molecule has 1 fully saturated rings. The third kappa shape index (κ3) is 3.25. The molecule has 24 heavy (non-hydrogen) atoms. The van der Waals surface area contributed by atoms with Gasteiger partial charge in [-0.25, -0.2) is 0 Å². The molecule has 1 heterocycles. The van der Waals surface area contributed by atoms with Crippen LogP contribution in [0.3, 0.4) is 0 Å². The molecule has 124 valence electrons. The number of benzene rings is 2. The first-order valence-electron chi connectivity index (χ1n) is 8.03. The highest BCUT2D eigenvalue weighted by Crippen LogP contribution is 2.24. The summed E-state index contributed by atoms with van der Waals surface area (Å²) in [6.45, 7) is 0.632. The lowest BCUT2D eigenvalue weighted by Gasteiger charge is -2.24. The predicted molar refractivity (Wildman–Crippen MR) is 94.5 cm³/mol. The number of nitrogens with zero attached hydrogens (tertiary/aromatic N) is 2. The Morgan fingerprint density at radius 2 is 1.83 bits per heavy atom. The Morgan fingerprint density at radius 1 is 1.17 bits per heavy atom. The molecular weight excluding hydrogens is 302 g/mol. The summed E-state index contributed by atoms with van der Waals surface area (Å²) in [5, 5.41) is 0. The molecule has 5 nitrogen and oxygen atoms in total. The Balaban J connectivity index is 1.66. The van der Waals surface area contributed by atoms with E-state index in [0.717, 1.165) is 11.3 Å². The average molecular weight is 323 g/mol. The Bertz CT molecular complexity index is 728. The van der Waals surface area contributed by atoms with Crippen LogP contribution in [0.5, 0.6) is 0 Å². The van der Waals surface area contributed by atoms with Crippen LogP contribution >= 0.6 is 0 Å². The van der Waals surface area contributed by atoms with E-state index in [-0.39, 0.29) is 18.2 Å². The van der Waals surface area contributed by atoms with Crippen LogP contribution in [0.4, 0.5) is 11.4 Å². The lowest BCUT2D eigenvalue weighted by molar-refractivity contribution is -0.136. The summed E-state index contributed by atoms with van der Waals surface area (Å²) < 4.78 is 0. The van der Waals surface area contributed by atoms with E-state index < -0.39 is 6.04 Å². The van der Waals surface area contributed by atoms with Crippen molar-refractivity contribution in [3.63, 3.8) is 0 Å². The quantitative estimate of drug-likeness (QED) is 0.876. The van der Waals surface area contributed by atoms with Gasteiger partial charge in [0.05, 0.1) is 6.42 Å². The van der Waals surface area contributed by atoms with Crippen molar-refractivity contribution in [3.05, 3.63) is 60.2 Å². The number of amides is 2. The maximum Gasteiger partial charge on any atom is 0.249 e. The second-order valence-electron chi connectivity index (χ2n) is 6.05. The zero-order chi connectivity index (χ0) is 17.1. The Labute approximate surface area is 141 Å². The zero-order valence-corrected chi connectivity index (χ0v) is 13.7. The number of carbonyl (C=O) groups excluding carboxylic acids is 2. The molecular formula is C19H21N3O2. The van der Waals surface area contributed by atoms with Crippen molar-refractivity contribution in [3.8, 4) is 0 Å². The number of nitrogen functional groups attached to an aromatic ring is 1. The summed E-state index contributed by atoms with van der Waals surface area (Å²) in [6, 6.07) is 16.4. The van der Waals surface area contributed by atoms with Gasteiger partial charge < -0.3 is 15.5 Å². The molecule has 2 amide bonds. The third-order valence-electron chi connectivity index (χ3n) is 4.44. The van der Waals surface area contributed by atoms with Gasteiger partial charge >= 0.3 is 0 Å². The molecule has 1 aliphatic heterocycles. The fourth-order valence-corrected chi connectivity index (χ4v) is 3.00. The molecule has 0 bridgehead atoms. The van der Waals surface area contributed by atoms with E-state index in [1.165, 1.54) is 0 Å². The normalized spacial score (nSPS) is 17.1. The van der Waals surface area contributed by atoms with E-state index in [1.807, 2.05) is 42.5 Å². The number of para-hydroxylation sites is 1. The van der Waals surface area contributed by atoms with E-state index in [4.69, 9.17) is 5.73 Å². The number of hydrogen-bond acceptors (Lipinski definition) is 3. The lowest BCUT2D eigenvalue weighted by Crippen LogP contribution is -2.43. The molecule has 5 heteroatoms. The minimum absolute atomic E-state index is 0.0191. The first-order chi connectivity index (χ1) is 11.6. The molecule has 0 aliphatic carbocycles. The summed E-state index contributed by atoms with van der Waals surface area (Å²) in [6.07, 6.45) is 0.920. The van der Waals surface area contributed by atoms with Crippen molar-refractivity contribution >= 4 is 23.2 Å². The summed E-state index contributed by atoms with van der Waals surface area (Å²) in [5.74, 6) is -0.0811. The highest BCUT2D eigenvalue weighted by atomic mass is 16.2. The standard InChI is InChI=1S/C19H21N3O2/c1-21(18(23)13-14-7-9-15(20)10-8-14)17-11-12-22(19(17)24)16-5-3-2-4-6-16/h2-10,17H,11-13,20H2,1H3. The molecule has 3 rings (SSSR count). The van der Waals surface area contributed by atoms with Crippen LogP contribution in [0.2, 0.25) is 0 Å². The van der Waals surface area contributed by atoms with Gasteiger partial charge in [0.2, 0.25) is 11.8 Å². The number of nitrogens with two attached hydrogens (primary N) is 1. The van der Waals surface area contributed by atoms with Gasteiger partial charge in [0.15, 0.2) is 0 Å². The van der Waals surface area contributed by atoms with Gasteiger partial charge in [-0.3, -0.25) is 9.59 Å². The SMILES string of the molecule is CN(C(=O)Cc1ccc(N)cc1)C1CCN(c2ccccc2)C1=O.